The van der Waals surface area contributed by atoms with Crippen LogP contribution < -0.4 is 10.2 Å². The van der Waals surface area contributed by atoms with E-state index in [0.717, 1.165) is 22.6 Å². The normalized spacial score (nSPS) is 24.5. The minimum Gasteiger partial charge on any atom is -0.323 e. The second-order valence-electron chi connectivity index (χ2n) is 10.1. The Morgan fingerprint density at radius 3 is 2.28 bits per heavy atom. The van der Waals surface area contributed by atoms with Gasteiger partial charge < -0.3 is 10.2 Å². The van der Waals surface area contributed by atoms with Crippen molar-refractivity contribution in [3.63, 3.8) is 0 Å². The van der Waals surface area contributed by atoms with Gasteiger partial charge in [0.1, 0.15) is 12.1 Å². The van der Waals surface area contributed by atoms with Crippen LogP contribution in [-0.4, -0.2) is 34.8 Å². The highest BCUT2D eigenvalue weighted by molar-refractivity contribution is 6.10. The molecule has 0 bridgehead atoms. The SMILES string of the molecule is C[C@H]1CC(C)(C)C[C@@]2(C1)NC(=O)N(CC(=O)N(Cc1ccccc1)c1ccccc1)C2=O. The molecule has 2 aliphatic rings. The topological polar surface area (TPSA) is 69.7 Å². The van der Waals surface area contributed by atoms with Crippen LogP contribution >= 0.6 is 0 Å². The number of para-hydroxylation sites is 1. The van der Waals surface area contributed by atoms with Crippen LogP contribution in [0.4, 0.5) is 10.5 Å². The van der Waals surface area contributed by atoms with Gasteiger partial charge in [0, 0.05) is 5.69 Å². The first-order chi connectivity index (χ1) is 15.2. The third kappa shape index (κ3) is 4.40. The van der Waals surface area contributed by atoms with Crippen LogP contribution in [0.5, 0.6) is 0 Å². The molecule has 1 saturated heterocycles. The van der Waals surface area contributed by atoms with Gasteiger partial charge in [-0.3, -0.25) is 14.5 Å². The first-order valence-corrected chi connectivity index (χ1v) is 11.2. The summed E-state index contributed by atoms with van der Waals surface area (Å²) in [6.45, 7) is 6.47. The number of urea groups is 1. The minimum absolute atomic E-state index is 0.0516. The predicted molar refractivity (Wildman–Crippen MR) is 124 cm³/mol. The van der Waals surface area contributed by atoms with E-state index in [1.165, 1.54) is 0 Å². The Bertz CT molecular complexity index is 1010. The summed E-state index contributed by atoms with van der Waals surface area (Å²) in [4.78, 5) is 42.5. The minimum atomic E-state index is -0.907. The van der Waals surface area contributed by atoms with Gasteiger partial charge >= 0.3 is 6.03 Å². The van der Waals surface area contributed by atoms with E-state index in [1.54, 1.807) is 4.90 Å². The van der Waals surface area contributed by atoms with Crippen molar-refractivity contribution in [2.75, 3.05) is 11.4 Å². The van der Waals surface area contributed by atoms with Crippen molar-refractivity contribution in [3.8, 4) is 0 Å². The molecule has 2 aromatic carbocycles. The molecular weight excluding hydrogens is 402 g/mol. The fourth-order valence-electron chi connectivity index (χ4n) is 5.57. The quantitative estimate of drug-likeness (QED) is 0.713. The van der Waals surface area contributed by atoms with Gasteiger partial charge in [-0.15, -0.1) is 0 Å². The molecule has 1 heterocycles. The summed E-state index contributed by atoms with van der Waals surface area (Å²) < 4.78 is 0. The number of rotatable bonds is 5. The van der Waals surface area contributed by atoms with Crippen molar-refractivity contribution in [1.82, 2.24) is 10.2 Å². The number of hydrogen-bond acceptors (Lipinski definition) is 3. The van der Waals surface area contributed by atoms with E-state index in [0.29, 0.717) is 25.3 Å². The molecule has 1 aliphatic carbocycles. The molecular formula is C26H31N3O3. The third-order valence-electron chi connectivity index (χ3n) is 6.47. The van der Waals surface area contributed by atoms with Gasteiger partial charge in [-0.2, -0.15) is 0 Å². The van der Waals surface area contributed by atoms with E-state index in [9.17, 15) is 14.4 Å². The molecule has 32 heavy (non-hydrogen) atoms. The summed E-state index contributed by atoms with van der Waals surface area (Å²) in [7, 11) is 0. The molecule has 2 fully saturated rings. The zero-order valence-electron chi connectivity index (χ0n) is 19.0. The van der Waals surface area contributed by atoms with E-state index in [-0.39, 0.29) is 23.8 Å². The van der Waals surface area contributed by atoms with Gasteiger partial charge in [-0.05, 0) is 48.3 Å². The van der Waals surface area contributed by atoms with E-state index < -0.39 is 11.6 Å². The van der Waals surface area contributed by atoms with Crippen molar-refractivity contribution < 1.29 is 14.4 Å². The van der Waals surface area contributed by atoms with Crippen LogP contribution in [0, 0.1) is 11.3 Å². The zero-order chi connectivity index (χ0) is 22.9. The van der Waals surface area contributed by atoms with Crippen molar-refractivity contribution in [1.29, 1.82) is 0 Å². The first-order valence-electron chi connectivity index (χ1n) is 11.2. The number of carbonyl (C=O) groups excluding carboxylic acids is 3. The molecule has 1 aliphatic heterocycles. The van der Waals surface area contributed by atoms with Gasteiger partial charge in [0.2, 0.25) is 5.91 Å². The van der Waals surface area contributed by atoms with Crippen molar-refractivity contribution in [3.05, 3.63) is 66.2 Å². The van der Waals surface area contributed by atoms with Crippen molar-refractivity contribution in [2.24, 2.45) is 11.3 Å². The molecule has 4 rings (SSSR count). The third-order valence-corrected chi connectivity index (χ3v) is 6.47. The largest absolute Gasteiger partial charge is 0.325 e. The number of imide groups is 1. The van der Waals surface area contributed by atoms with Gasteiger partial charge in [0.05, 0.1) is 6.54 Å². The Balaban J connectivity index is 1.57. The molecule has 6 nitrogen and oxygen atoms in total. The molecule has 1 N–H and O–H groups in total. The van der Waals surface area contributed by atoms with Gasteiger partial charge in [0.15, 0.2) is 0 Å². The number of hydrogen-bond donors (Lipinski definition) is 1. The number of amides is 4. The van der Waals surface area contributed by atoms with Crippen molar-refractivity contribution in [2.45, 2.75) is 52.1 Å². The Morgan fingerprint density at radius 1 is 1.03 bits per heavy atom. The summed E-state index contributed by atoms with van der Waals surface area (Å²) in [6.07, 6.45) is 2.21. The zero-order valence-corrected chi connectivity index (χ0v) is 19.0. The molecule has 6 heteroatoms. The number of benzene rings is 2. The second-order valence-corrected chi connectivity index (χ2v) is 10.1. The molecule has 0 radical (unpaired) electrons. The number of carbonyl (C=O) groups is 3. The lowest BCUT2D eigenvalue weighted by atomic mass is 9.64. The molecule has 2 atom stereocenters. The summed E-state index contributed by atoms with van der Waals surface area (Å²) >= 11 is 0. The van der Waals surface area contributed by atoms with Crippen LogP contribution in [-0.2, 0) is 16.1 Å². The standard InChI is InChI=1S/C26H31N3O3/c1-19-14-25(2,3)18-26(15-19)23(31)29(24(32)27-26)17-22(30)28(21-12-8-5-9-13-21)16-20-10-6-4-7-11-20/h4-13,19H,14-18H2,1-3H3,(H,27,32)/t19-,26+/m0/s1. The number of anilines is 1. The maximum absolute atomic E-state index is 13.5. The van der Waals surface area contributed by atoms with Gasteiger partial charge in [-0.1, -0.05) is 69.3 Å². The lowest BCUT2D eigenvalue weighted by molar-refractivity contribution is -0.137. The Hall–Kier alpha value is -3.15. The number of nitrogens with zero attached hydrogens (tertiary/aromatic N) is 2. The summed E-state index contributed by atoms with van der Waals surface area (Å²) in [5.74, 6) is -0.246. The van der Waals surface area contributed by atoms with Crippen LogP contribution in [0.3, 0.4) is 0 Å². The maximum atomic E-state index is 13.5. The van der Waals surface area contributed by atoms with Gasteiger partial charge in [-0.25, -0.2) is 4.79 Å². The predicted octanol–water partition coefficient (Wildman–Crippen LogP) is 4.36. The maximum Gasteiger partial charge on any atom is 0.325 e. The molecule has 168 valence electrons. The lowest BCUT2D eigenvalue weighted by Crippen LogP contribution is -2.54. The molecule has 2 aromatic rings. The van der Waals surface area contributed by atoms with Crippen LogP contribution in [0.25, 0.3) is 0 Å². The van der Waals surface area contributed by atoms with E-state index in [1.807, 2.05) is 60.7 Å². The van der Waals surface area contributed by atoms with Crippen LogP contribution in [0.2, 0.25) is 0 Å². The highest BCUT2D eigenvalue weighted by Gasteiger charge is 2.56. The van der Waals surface area contributed by atoms with Crippen LogP contribution in [0.1, 0.15) is 45.6 Å². The molecule has 4 amide bonds. The monoisotopic (exact) mass is 433 g/mol. The molecule has 1 spiro atoms. The summed E-state index contributed by atoms with van der Waals surface area (Å²) in [5.41, 5.74) is 0.747. The van der Waals surface area contributed by atoms with E-state index in [2.05, 4.69) is 26.1 Å². The van der Waals surface area contributed by atoms with Crippen LogP contribution in [0.15, 0.2) is 60.7 Å². The number of nitrogens with one attached hydrogen (secondary N) is 1. The Labute approximate surface area is 189 Å². The fourth-order valence-corrected chi connectivity index (χ4v) is 5.57. The summed E-state index contributed by atoms with van der Waals surface area (Å²) in [5, 5.41) is 2.96. The average molecular weight is 434 g/mol. The van der Waals surface area contributed by atoms with E-state index in [4.69, 9.17) is 0 Å². The second kappa shape index (κ2) is 8.41. The first kappa shape index (κ1) is 22.1. The highest BCUT2D eigenvalue weighted by Crippen LogP contribution is 2.46. The smallest absolute Gasteiger partial charge is 0.323 e. The Morgan fingerprint density at radius 2 is 1.66 bits per heavy atom. The lowest BCUT2D eigenvalue weighted by Gasteiger charge is -2.43. The van der Waals surface area contributed by atoms with Gasteiger partial charge in [0.25, 0.3) is 5.91 Å². The van der Waals surface area contributed by atoms with Crippen molar-refractivity contribution >= 4 is 23.5 Å². The molecule has 0 unspecified atom stereocenters. The Kier molecular flexibility index (Phi) is 5.80. The van der Waals surface area contributed by atoms with E-state index >= 15 is 0 Å². The average Bonchev–Trinajstić information content (AvgIpc) is 2.95. The fraction of sp³-hybridized carbons (Fsp3) is 0.423. The molecule has 1 saturated carbocycles. The molecule has 0 aromatic heterocycles. The highest BCUT2D eigenvalue weighted by atomic mass is 16.2. The summed E-state index contributed by atoms with van der Waals surface area (Å²) in [6, 6.07) is 18.6.